The first-order chi connectivity index (χ1) is 6.09. The molecule has 0 amide bonds. The number of aliphatic carboxylic acids is 1. The number of carbonyl (C=O) groups is 1. The van der Waals surface area contributed by atoms with E-state index in [0.717, 1.165) is 5.75 Å². The number of hydrogen-bond acceptors (Lipinski definition) is 3. The summed E-state index contributed by atoms with van der Waals surface area (Å²) in [5.74, 6) is 0.146. The number of aliphatic hydroxyl groups excluding tert-OH is 1. The van der Waals surface area contributed by atoms with Gasteiger partial charge in [-0.3, -0.25) is 4.79 Å². The van der Waals surface area contributed by atoms with Gasteiger partial charge in [0.05, 0.1) is 5.70 Å². The van der Waals surface area contributed by atoms with Crippen molar-refractivity contribution in [2.45, 2.75) is 12.8 Å². The van der Waals surface area contributed by atoms with Crippen LogP contribution in [0.2, 0.25) is 0 Å². The summed E-state index contributed by atoms with van der Waals surface area (Å²) in [6.45, 7) is 0. The maximum absolute atomic E-state index is 10.2. The van der Waals surface area contributed by atoms with Gasteiger partial charge in [-0.1, -0.05) is 0 Å². The molecule has 1 heterocycles. The molecule has 0 saturated carbocycles. The van der Waals surface area contributed by atoms with Crippen molar-refractivity contribution in [1.29, 1.82) is 0 Å². The van der Waals surface area contributed by atoms with E-state index in [2.05, 4.69) is 0 Å². The van der Waals surface area contributed by atoms with Gasteiger partial charge in [0.15, 0.2) is 0 Å². The zero-order chi connectivity index (χ0) is 9.84. The Kier molecular flexibility index (Phi) is 3.25. The number of hydrogen-bond donors (Lipinski definition) is 4. The molecule has 5 heteroatoms. The Bertz CT molecular complexity index is 255. The van der Waals surface area contributed by atoms with Gasteiger partial charge in [-0.15, -0.1) is 0 Å². The van der Waals surface area contributed by atoms with Crippen LogP contribution in [-0.2, 0) is 4.79 Å². The molecule has 4 N–H and O–H groups in total. The quantitative estimate of drug-likeness (QED) is 0.515. The van der Waals surface area contributed by atoms with Crippen molar-refractivity contribution < 1.29 is 15.0 Å². The van der Waals surface area contributed by atoms with Crippen molar-refractivity contribution in [3.8, 4) is 0 Å². The normalized spacial score (nSPS) is 23.8. The first kappa shape index (κ1) is 9.98. The lowest BCUT2D eigenvalue weighted by molar-refractivity contribution is -0.137. The molecule has 1 aliphatic heterocycles. The molecule has 1 unspecified atom stereocenters. The number of rotatable bonds is 4. The summed E-state index contributed by atoms with van der Waals surface area (Å²) in [5.41, 5.74) is 5.86. The highest BCUT2D eigenvalue weighted by Gasteiger charge is 2.11. The second-order valence-electron chi connectivity index (χ2n) is 2.83. The van der Waals surface area contributed by atoms with Gasteiger partial charge in [0, 0.05) is 6.42 Å². The van der Waals surface area contributed by atoms with Gasteiger partial charge in [-0.05, 0) is 23.0 Å². The van der Waals surface area contributed by atoms with Crippen LogP contribution in [0.4, 0.5) is 0 Å². The molecule has 0 radical (unpaired) electrons. The van der Waals surface area contributed by atoms with Crippen LogP contribution in [0.1, 0.15) is 12.8 Å². The minimum absolute atomic E-state index is 0.140. The van der Waals surface area contributed by atoms with Crippen LogP contribution < -0.4 is 5.73 Å². The van der Waals surface area contributed by atoms with Gasteiger partial charge in [-0.2, -0.15) is 0 Å². The topological polar surface area (TPSA) is 83.6 Å². The monoisotopic (exact) mass is 203 g/mol. The van der Waals surface area contributed by atoms with Crippen LogP contribution >= 0.6 is 10.9 Å². The maximum atomic E-state index is 10.2. The predicted octanol–water partition coefficient (Wildman–Crippen LogP) is 1.07. The molecule has 1 aliphatic rings. The largest absolute Gasteiger partial charge is 0.505 e. The second kappa shape index (κ2) is 4.23. The van der Waals surface area contributed by atoms with Crippen LogP contribution in [0.3, 0.4) is 0 Å². The fourth-order valence-electron chi connectivity index (χ4n) is 1.06. The van der Waals surface area contributed by atoms with Gasteiger partial charge in [0.2, 0.25) is 0 Å². The molecular weight excluding hydrogens is 190 g/mol. The van der Waals surface area contributed by atoms with Crippen molar-refractivity contribution in [3.63, 3.8) is 0 Å². The molecule has 4 nitrogen and oxygen atoms in total. The average Bonchev–Trinajstić information content (AvgIpc) is 2.30. The van der Waals surface area contributed by atoms with E-state index in [1.165, 1.54) is 0 Å². The molecule has 13 heavy (non-hydrogen) atoms. The highest BCUT2D eigenvalue weighted by Crippen LogP contribution is 2.38. The van der Waals surface area contributed by atoms with Crippen molar-refractivity contribution in [3.05, 3.63) is 22.3 Å². The molecule has 0 aromatic carbocycles. The predicted molar refractivity (Wildman–Crippen MR) is 53.7 cm³/mol. The van der Waals surface area contributed by atoms with E-state index in [4.69, 9.17) is 15.9 Å². The smallest absolute Gasteiger partial charge is 0.303 e. The zero-order valence-corrected chi connectivity index (χ0v) is 8.00. The minimum atomic E-state index is -0.778. The fraction of sp³-hybridized carbons (Fsp3) is 0.375. The number of carboxylic acids is 1. The fourth-order valence-corrected chi connectivity index (χ4v) is 2.86. The Hall–Kier alpha value is -1.10. The lowest BCUT2D eigenvalue weighted by Crippen LogP contribution is -1.96. The van der Waals surface area contributed by atoms with Crippen LogP contribution in [-0.4, -0.2) is 21.9 Å². The molecule has 1 rings (SSSR count). The van der Waals surface area contributed by atoms with E-state index in [1.807, 2.05) is 5.41 Å². The minimum Gasteiger partial charge on any atom is -0.505 e. The molecule has 74 valence electrons. The van der Waals surface area contributed by atoms with Gasteiger partial charge < -0.3 is 15.9 Å². The molecule has 1 atom stereocenters. The Balaban J connectivity index is 2.29. The molecule has 0 aromatic heterocycles. The Morgan fingerprint density at radius 1 is 1.54 bits per heavy atom. The van der Waals surface area contributed by atoms with Gasteiger partial charge in [0.1, 0.15) is 5.76 Å². The molecule has 0 fully saturated rings. The van der Waals surface area contributed by atoms with E-state index >= 15 is 0 Å². The summed E-state index contributed by atoms with van der Waals surface area (Å²) in [4.78, 5) is 10.2. The third kappa shape index (κ3) is 3.02. The van der Waals surface area contributed by atoms with Gasteiger partial charge >= 0.3 is 5.97 Å². The highest BCUT2D eigenvalue weighted by atomic mass is 32.2. The Morgan fingerprint density at radius 2 is 2.23 bits per heavy atom. The van der Waals surface area contributed by atoms with Gasteiger partial charge in [0.25, 0.3) is 0 Å². The number of nitrogens with two attached hydrogens (primary N) is 1. The van der Waals surface area contributed by atoms with E-state index in [-0.39, 0.29) is 12.2 Å². The average molecular weight is 203 g/mol. The van der Waals surface area contributed by atoms with Crippen molar-refractivity contribution in [2.75, 3.05) is 5.75 Å². The highest BCUT2D eigenvalue weighted by molar-refractivity contribution is 8.22. The molecule has 0 aliphatic carbocycles. The van der Waals surface area contributed by atoms with E-state index in [9.17, 15) is 4.79 Å². The standard InChI is InChI=1S/C8H13NO3S/c9-6-4-13(5-7(6)10)3-1-2-8(11)12/h4-5,10,13H,1-3,9H2,(H,11,12). The van der Waals surface area contributed by atoms with Crippen LogP contribution in [0.5, 0.6) is 0 Å². The first-order valence-corrected chi connectivity index (χ1v) is 5.62. The van der Waals surface area contributed by atoms with Gasteiger partial charge in [-0.25, -0.2) is 10.9 Å². The van der Waals surface area contributed by atoms with E-state index in [1.54, 1.807) is 5.41 Å². The van der Waals surface area contributed by atoms with E-state index in [0.29, 0.717) is 12.1 Å². The molecule has 0 aromatic rings. The number of thiol groups is 1. The summed E-state index contributed by atoms with van der Waals surface area (Å²) in [6.07, 6.45) is 0.815. The van der Waals surface area contributed by atoms with E-state index < -0.39 is 16.9 Å². The lowest BCUT2D eigenvalue weighted by Gasteiger charge is -2.06. The molecular formula is C8H13NO3S. The SMILES string of the molecule is NC1=C[SH](CCCC(=O)O)C=C1O. The number of aliphatic hydroxyl groups is 1. The van der Waals surface area contributed by atoms with Crippen LogP contribution in [0.15, 0.2) is 22.3 Å². The molecule has 0 spiro atoms. The lowest BCUT2D eigenvalue weighted by atomic mass is 10.3. The Morgan fingerprint density at radius 3 is 2.69 bits per heavy atom. The maximum Gasteiger partial charge on any atom is 0.303 e. The second-order valence-corrected chi connectivity index (χ2v) is 4.83. The molecule has 0 bridgehead atoms. The summed E-state index contributed by atoms with van der Waals surface area (Å²) in [6, 6.07) is 0. The summed E-state index contributed by atoms with van der Waals surface area (Å²) < 4.78 is 0. The van der Waals surface area contributed by atoms with Crippen molar-refractivity contribution in [2.24, 2.45) is 5.73 Å². The van der Waals surface area contributed by atoms with Crippen LogP contribution in [0.25, 0.3) is 0 Å². The third-order valence-corrected chi connectivity index (χ3v) is 3.71. The van der Waals surface area contributed by atoms with Crippen LogP contribution in [0, 0.1) is 0 Å². The third-order valence-electron chi connectivity index (χ3n) is 1.70. The molecule has 0 saturated heterocycles. The Labute approximate surface area is 79.1 Å². The summed E-state index contributed by atoms with van der Waals surface area (Å²) >= 11 is 0. The first-order valence-electron chi connectivity index (χ1n) is 3.95. The zero-order valence-electron chi connectivity index (χ0n) is 7.10. The van der Waals surface area contributed by atoms with Crippen molar-refractivity contribution in [1.82, 2.24) is 0 Å². The summed E-state index contributed by atoms with van der Waals surface area (Å²) in [7, 11) is -0.517. The number of carboxylic acid groups (broad SMARTS) is 1. The van der Waals surface area contributed by atoms with Crippen molar-refractivity contribution >= 4 is 16.9 Å². The summed E-state index contributed by atoms with van der Waals surface area (Å²) in [5, 5.41) is 21.1.